The van der Waals surface area contributed by atoms with Crippen LogP contribution in [0, 0.1) is 17.2 Å². The lowest BCUT2D eigenvalue weighted by Crippen LogP contribution is -2.23. The van der Waals surface area contributed by atoms with Crippen LogP contribution in [0.25, 0.3) is 10.9 Å². The third-order valence-corrected chi connectivity index (χ3v) is 3.21. The molecule has 19 heavy (non-hydrogen) atoms. The summed E-state index contributed by atoms with van der Waals surface area (Å²) in [5, 5.41) is 10.6. The molecule has 1 heterocycles. The molecule has 0 aliphatic carbocycles. The monoisotopic (exact) mass is 273 g/mol. The van der Waals surface area contributed by atoms with Crippen molar-refractivity contribution in [2.24, 2.45) is 5.92 Å². The lowest BCUT2D eigenvalue weighted by Gasteiger charge is -2.18. The molecule has 0 aliphatic rings. The highest BCUT2D eigenvalue weighted by Crippen LogP contribution is 2.23. The second-order valence-electron chi connectivity index (χ2n) is 4.87. The zero-order chi connectivity index (χ0) is 13.8. The topological polar surface area (TPSA) is 39.9 Å². The predicted octanol–water partition coefficient (Wildman–Crippen LogP) is 3.48. The first-order chi connectivity index (χ1) is 9.10. The molecule has 0 unspecified atom stereocenters. The zero-order valence-corrected chi connectivity index (χ0v) is 11.9. The van der Waals surface area contributed by atoms with E-state index in [0.29, 0.717) is 0 Å². The van der Waals surface area contributed by atoms with Crippen LogP contribution in [0.3, 0.4) is 0 Å². The number of rotatable bonds is 4. The van der Waals surface area contributed by atoms with Gasteiger partial charge in [-0.2, -0.15) is 5.26 Å². The minimum Gasteiger partial charge on any atom is -0.301 e. The maximum Gasteiger partial charge on any atom is 0.0747 e. The van der Waals surface area contributed by atoms with Crippen molar-refractivity contribution in [1.29, 1.82) is 5.26 Å². The van der Waals surface area contributed by atoms with Crippen LogP contribution in [0.2, 0.25) is 5.02 Å². The van der Waals surface area contributed by atoms with Crippen molar-refractivity contribution < 1.29 is 0 Å². The summed E-state index contributed by atoms with van der Waals surface area (Å²) in [6, 6.07) is 10.0. The minimum atomic E-state index is 0.0170. The van der Waals surface area contributed by atoms with Crippen LogP contribution in [-0.4, -0.2) is 23.5 Å². The molecule has 0 fully saturated rings. The highest BCUT2D eigenvalue weighted by Gasteiger charge is 2.09. The van der Waals surface area contributed by atoms with Crippen LogP contribution in [0.1, 0.15) is 12.5 Å². The summed E-state index contributed by atoms with van der Waals surface area (Å²) in [7, 11) is 2.00. The summed E-state index contributed by atoms with van der Waals surface area (Å²) >= 11 is 6.14. The average molecular weight is 274 g/mol. The van der Waals surface area contributed by atoms with Crippen LogP contribution in [0.5, 0.6) is 0 Å². The van der Waals surface area contributed by atoms with Gasteiger partial charge in [-0.05, 0) is 37.7 Å². The summed E-state index contributed by atoms with van der Waals surface area (Å²) in [4.78, 5) is 6.54. The Morgan fingerprint density at radius 1 is 1.47 bits per heavy atom. The summed E-state index contributed by atoms with van der Waals surface area (Å²) in [6.07, 6.45) is 1.79. The second kappa shape index (κ2) is 6.01. The SMILES string of the molecule is C[C@H](C#N)CN(C)Cc1cc(Cl)cc2cccnc12. The Bertz CT molecular complexity index is 618. The molecule has 0 amide bonds. The molecule has 0 spiro atoms. The molecule has 98 valence electrons. The molecule has 2 rings (SSSR count). The number of halogens is 1. The van der Waals surface area contributed by atoms with Crippen molar-refractivity contribution >= 4 is 22.5 Å². The van der Waals surface area contributed by atoms with Gasteiger partial charge in [-0.3, -0.25) is 4.98 Å². The van der Waals surface area contributed by atoms with E-state index in [1.165, 1.54) is 0 Å². The van der Waals surface area contributed by atoms with Gasteiger partial charge in [-0.1, -0.05) is 17.7 Å². The lowest BCUT2D eigenvalue weighted by molar-refractivity contribution is 0.304. The summed E-state index contributed by atoms with van der Waals surface area (Å²) in [6.45, 7) is 3.39. The number of hydrogen-bond donors (Lipinski definition) is 0. The third-order valence-electron chi connectivity index (χ3n) is 2.99. The minimum absolute atomic E-state index is 0.0170. The Morgan fingerprint density at radius 3 is 3.00 bits per heavy atom. The molecule has 2 aromatic rings. The van der Waals surface area contributed by atoms with Crippen molar-refractivity contribution in [3.05, 3.63) is 41.0 Å². The molecule has 0 aliphatic heterocycles. The van der Waals surface area contributed by atoms with Gasteiger partial charge < -0.3 is 4.90 Å². The van der Waals surface area contributed by atoms with E-state index >= 15 is 0 Å². The quantitative estimate of drug-likeness (QED) is 0.856. The van der Waals surface area contributed by atoms with Gasteiger partial charge in [0.25, 0.3) is 0 Å². The largest absolute Gasteiger partial charge is 0.301 e. The van der Waals surface area contributed by atoms with Gasteiger partial charge in [0.1, 0.15) is 0 Å². The Labute approximate surface area is 118 Å². The Kier molecular flexibility index (Phi) is 4.36. The van der Waals surface area contributed by atoms with Crippen LogP contribution in [0.4, 0.5) is 0 Å². The standard InChI is InChI=1S/C15H16ClN3/c1-11(8-17)9-19(2)10-13-7-14(16)6-12-4-3-5-18-15(12)13/h3-7,11H,9-10H2,1-2H3/t11-/m1/s1. The first-order valence-corrected chi connectivity index (χ1v) is 6.59. The van der Waals surface area contributed by atoms with Crippen molar-refractivity contribution in [3.8, 4) is 6.07 Å². The van der Waals surface area contributed by atoms with Crippen molar-refractivity contribution in [2.45, 2.75) is 13.5 Å². The average Bonchev–Trinajstić information content (AvgIpc) is 2.38. The van der Waals surface area contributed by atoms with Crippen LogP contribution >= 0.6 is 11.6 Å². The number of nitrogens with zero attached hydrogens (tertiary/aromatic N) is 3. The van der Waals surface area contributed by atoms with Crippen molar-refractivity contribution in [2.75, 3.05) is 13.6 Å². The van der Waals surface area contributed by atoms with Crippen molar-refractivity contribution in [1.82, 2.24) is 9.88 Å². The molecule has 1 aromatic heterocycles. The highest BCUT2D eigenvalue weighted by molar-refractivity contribution is 6.31. The molecule has 0 bridgehead atoms. The van der Waals surface area contributed by atoms with E-state index in [9.17, 15) is 0 Å². The summed E-state index contributed by atoms with van der Waals surface area (Å²) in [5.74, 6) is 0.0170. The highest BCUT2D eigenvalue weighted by atomic mass is 35.5. The van der Waals surface area contributed by atoms with E-state index in [1.54, 1.807) is 6.20 Å². The van der Waals surface area contributed by atoms with Gasteiger partial charge >= 0.3 is 0 Å². The number of fused-ring (bicyclic) bond motifs is 1. The molecular formula is C15H16ClN3. The van der Waals surface area contributed by atoms with Gasteiger partial charge in [0, 0.05) is 29.7 Å². The van der Waals surface area contributed by atoms with Gasteiger partial charge in [-0.15, -0.1) is 0 Å². The lowest BCUT2D eigenvalue weighted by atomic mass is 10.1. The second-order valence-corrected chi connectivity index (χ2v) is 5.30. The summed E-state index contributed by atoms with van der Waals surface area (Å²) < 4.78 is 0. The van der Waals surface area contributed by atoms with Gasteiger partial charge in [-0.25, -0.2) is 0 Å². The van der Waals surface area contributed by atoms with E-state index < -0.39 is 0 Å². The molecule has 0 N–H and O–H groups in total. The number of hydrogen-bond acceptors (Lipinski definition) is 3. The number of nitriles is 1. The molecular weight excluding hydrogens is 258 g/mol. The van der Waals surface area contributed by atoms with Crippen LogP contribution in [0.15, 0.2) is 30.5 Å². The molecule has 1 atom stereocenters. The molecule has 0 radical (unpaired) electrons. The number of pyridine rings is 1. The maximum atomic E-state index is 8.86. The van der Waals surface area contributed by atoms with E-state index in [2.05, 4.69) is 16.0 Å². The van der Waals surface area contributed by atoms with Gasteiger partial charge in [0.05, 0.1) is 17.5 Å². The van der Waals surface area contributed by atoms with E-state index in [0.717, 1.165) is 34.6 Å². The number of aromatic nitrogens is 1. The Morgan fingerprint density at radius 2 is 2.26 bits per heavy atom. The molecule has 1 aromatic carbocycles. The van der Waals surface area contributed by atoms with E-state index in [1.807, 2.05) is 38.2 Å². The fraction of sp³-hybridized carbons (Fsp3) is 0.333. The number of benzene rings is 1. The van der Waals surface area contributed by atoms with Crippen molar-refractivity contribution in [3.63, 3.8) is 0 Å². The normalized spacial score (nSPS) is 12.6. The Balaban J connectivity index is 2.27. The zero-order valence-electron chi connectivity index (χ0n) is 11.1. The predicted molar refractivity (Wildman–Crippen MR) is 77.9 cm³/mol. The third kappa shape index (κ3) is 3.44. The first-order valence-electron chi connectivity index (χ1n) is 6.21. The van der Waals surface area contributed by atoms with Crippen LogP contribution < -0.4 is 0 Å². The molecule has 3 nitrogen and oxygen atoms in total. The fourth-order valence-corrected chi connectivity index (χ4v) is 2.46. The fourth-order valence-electron chi connectivity index (χ4n) is 2.21. The Hall–Kier alpha value is -1.63. The first kappa shape index (κ1) is 13.8. The molecule has 0 saturated carbocycles. The van der Waals surface area contributed by atoms with E-state index in [4.69, 9.17) is 16.9 Å². The molecule has 4 heteroatoms. The van der Waals surface area contributed by atoms with E-state index in [-0.39, 0.29) is 5.92 Å². The van der Waals surface area contributed by atoms with Gasteiger partial charge in [0.15, 0.2) is 0 Å². The molecule has 0 saturated heterocycles. The van der Waals surface area contributed by atoms with Crippen LogP contribution in [-0.2, 0) is 6.54 Å². The maximum absolute atomic E-state index is 8.86. The smallest absolute Gasteiger partial charge is 0.0747 e. The summed E-state index contributed by atoms with van der Waals surface area (Å²) in [5.41, 5.74) is 2.07. The van der Waals surface area contributed by atoms with Gasteiger partial charge in [0.2, 0.25) is 0 Å².